The van der Waals surface area contributed by atoms with Crippen molar-refractivity contribution in [1.29, 1.82) is 0 Å². The zero-order valence-corrected chi connectivity index (χ0v) is 18.1. The van der Waals surface area contributed by atoms with Gasteiger partial charge in [-0.2, -0.15) is 0 Å². The molecule has 0 bridgehead atoms. The second kappa shape index (κ2) is 10.2. The van der Waals surface area contributed by atoms with Gasteiger partial charge in [-0.25, -0.2) is 4.68 Å². The number of hydrogen-bond donors (Lipinski definition) is 4. The van der Waals surface area contributed by atoms with Crippen LogP contribution in [0.25, 0.3) is 0 Å². The molecule has 1 aromatic heterocycles. The molecular weight excluding hydrogens is 408 g/mol. The van der Waals surface area contributed by atoms with Crippen molar-refractivity contribution >= 4 is 11.8 Å². The minimum absolute atomic E-state index is 0.546. The summed E-state index contributed by atoms with van der Waals surface area (Å²) in [5.41, 5.74) is 1.16. The van der Waals surface area contributed by atoms with Crippen molar-refractivity contribution in [3.8, 4) is 0 Å². The van der Waals surface area contributed by atoms with E-state index in [4.69, 9.17) is 4.74 Å². The van der Waals surface area contributed by atoms with E-state index in [-0.39, 0.29) is 0 Å². The number of rotatable bonds is 8. The SMILES string of the molecule is CS[C@H]1O[C@H]([C@@H]([C@@H](C)O)n2cc(CN(C)Cc3ccccc3)nn2)[C@H](O)[C@H](O)[C@H]1O. The van der Waals surface area contributed by atoms with Gasteiger partial charge in [-0.05, 0) is 25.8 Å². The molecule has 166 valence electrons. The summed E-state index contributed by atoms with van der Waals surface area (Å²) < 4.78 is 7.29. The van der Waals surface area contributed by atoms with Gasteiger partial charge in [0.25, 0.3) is 0 Å². The van der Waals surface area contributed by atoms with Gasteiger partial charge in [0.1, 0.15) is 35.9 Å². The van der Waals surface area contributed by atoms with Crippen molar-refractivity contribution < 1.29 is 25.2 Å². The zero-order chi connectivity index (χ0) is 21.8. The summed E-state index contributed by atoms with van der Waals surface area (Å²) in [6.45, 7) is 2.86. The van der Waals surface area contributed by atoms with E-state index in [0.717, 1.165) is 6.54 Å². The van der Waals surface area contributed by atoms with E-state index in [0.29, 0.717) is 12.2 Å². The molecule has 0 radical (unpaired) electrons. The van der Waals surface area contributed by atoms with Crippen LogP contribution >= 0.6 is 11.8 Å². The lowest BCUT2D eigenvalue weighted by molar-refractivity contribution is -0.216. The lowest BCUT2D eigenvalue weighted by atomic mass is 9.92. The van der Waals surface area contributed by atoms with Crippen molar-refractivity contribution in [3.63, 3.8) is 0 Å². The highest BCUT2D eigenvalue weighted by molar-refractivity contribution is 7.99. The van der Waals surface area contributed by atoms with E-state index >= 15 is 0 Å². The fourth-order valence-electron chi connectivity index (χ4n) is 3.76. The maximum absolute atomic E-state index is 10.5. The van der Waals surface area contributed by atoms with Crippen molar-refractivity contribution in [2.75, 3.05) is 13.3 Å². The van der Waals surface area contributed by atoms with Crippen LogP contribution in [0.3, 0.4) is 0 Å². The smallest absolute Gasteiger partial charge is 0.132 e. The molecule has 0 aliphatic carbocycles. The number of aliphatic hydroxyl groups is 4. The molecule has 2 heterocycles. The molecule has 30 heavy (non-hydrogen) atoms. The van der Waals surface area contributed by atoms with E-state index in [2.05, 4.69) is 27.3 Å². The summed E-state index contributed by atoms with van der Waals surface area (Å²) in [5.74, 6) is 0. The van der Waals surface area contributed by atoms with E-state index < -0.39 is 42.0 Å². The number of aromatic nitrogens is 3. The summed E-state index contributed by atoms with van der Waals surface area (Å²) >= 11 is 1.23. The Kier molecular flexibility index (Phi) is 7.86. The van der Waals surface area contributed by atoms with Crippen LogP contribution in [-0.4, -0.2) is 89.6 Å². The summed E-state index contributed by atoms with van der Waals surface area (Å²) in [6, 6.07) is 9.30. The van der Waals surface area contributed by atoms with Gasteiger partial charge in [0, 0.05) is 13.1 Å². The molecular formula is C20H30N4O5S. The van der Waals surface area contributed by atoms with Crippen molar-refractivity contribution in [2.45, 2.75) is 62.0 Å². The third kappa shape index (κ3) is 5.20. The molecule has 0 spiro atoms. The van der Waals surface area contributed by atoms with Crippen molar-refractivity contribution in [1.82, 2.24) is 19.9 Å². The quantitative estimate of drug-likeness (QED) is 0.451. The highest BCUT2D eigenvalue weighted by atomic mass is 32.2. The van der Waals surface area contributed by atoms with Crippen LogP contribution in [0.2, 0.25) is 0 Å². The molecule has 1 saturated heterocycles. The molecule has 0 unspecified atom stereocenters. The molecule has 1 aliphatic heterocycles. The van der Waals surface area contributed by atoms with Crippen LogP contribution < -0.4 is 0 Å². The highest BCUT2D eigenvalue weighted by Gasteiger charge is 2.48. The number of benzene rings is 1. The first kappa shape index (κ1) is 23.1. The molecule has 10 heteroatoms. The summed E-state index contributed by atoms with van der Waals surface area (Å²) in [6.07, 6.45) is -2.44. The van der Waals surface area contributed by atoms with E-state index in [9.17, 15) is 20.4 Å². The predicted molar refractivity (Wildman–Crippen MR) is 113 cm³/mol. The first-order valence-electron chi connectivity index (χ1n) is 9.85. The second-order valence-corrected chi connectivity index (χ2v) is 8.69. The number of hydrogen-bond acceptors (Lipinski definition) is 9. The summed E-state index contributed by atoms with van der Waals surface area (Å²) in [7, 11) is 1.98. The first-order valence-corrected chi connectivity index (χ1v) is 11.1. The predicted octanol–water partition coefficient (Wildman–Crippen LogP) is 0.00260. The van der Waals surface area contributed by atoms with Gasteiger partial charge in [0.05, 0.1) is 18.0 Å². The van der Waals surface area contributed by atoms with Crippen LogP contribution in [0.15, 0.2) is 36.5 Å². The largest absolute Gasteiger partial charge is 0.391 e. The molecule has 7 atom stereocenters. The summed E-state index contributed by atoms with van der Waals surface area (Å²) in [5, 5.41) is 49.5. The van der Waals surface area contributed by atoms with Gasteiger partial charge in [-0.15, -0.1) is 16.9 Å². The Labute approximate surface area is 180 Å². The fourth-order valence-corrected chi connectivity index (χ4v) is 4.44. The van der Waals surface area contributed by atoms with E-state index in [1.54, 1.807) is 19.4 Å². The fraction of sp³-hybridized carbons (Fsp3) is 0.600. The lowest BCUT2D eigenvalue weighted by Crippen LogP contribution is -2.59. The Morgan fingerprint density at radius 2 is 1.83 bits per heavy atom. The van der Waals surface area contributed by atoms with Crippen molar-refractivity contribution in [2.24, 2.45) is 0 Å². The minimum Gasteiger partial charge on any atom is -0.391 e. The second-order valence-electron chi connectivity index (χ2n) is 7.76. The number of nitrogens with zero attached hydrogens (tertiary/aromatic N) is 4. The molecule has 9 nitrogen and oxygen atoms in total. The topological polar surface area (TPSA) is 124 Å². The van der Waals surface area contributed by atoms with Gasteiger partial charge >= 0.3 is 0 Å². The van der Waals surface area contributed by atoms with Gasteiger partial charge < -0.3 is 25.2 Å². The Morgan fingerprint density at radius 1 is 1.13 bits per heavy atom. The molecule has 1 fully saturated rings. The molecule has 1 aliphatic rings. The number of thioether (sulfide) groups is 1. The maximum atomic E-state index is 10.5. The van der Waals surface area contributed by atoms with Gasteiger partial charge in [0.2, 0.25) is 0 Å². The normalized spacial score (nSPS) is 29.1. The van der Waals surface area contributed by atoms with Crippen LogP contribution in [0.5, 0.6) is 0 Å². The van der Waals surface area contributed by atoms with E-state index in [1.807, 2.05) is 25.2 Å². The zero-order valence-electron chi connectivity index (χ0n) is 17.3. The Bertz CT molecular complexity index is 791. The Morgan fingerprint density at radius 3 is 2.47 bits per heavy atom. The average molecular weight is 439 g/mol. The Hall–Kier alpha value is -1.53. The maximum Gasteiger partial charge on any atom is 0.132 e. The van der Waals surface area contributed by atoms with Crippen LogP contribution in [0.1, 0.15) is 24.2 Å². The highest BCUT2D eigenvalue weighted by Crippen LogP contribution is 2.33. The van der Waals surface area contributed by atoms with E-state index in [1.165, 1.54) is 22.0 Å². The van der Waals surface area contributed by atoms with Crippen LogP contribution in [0.4, 0.5) is 0 Å². The average Bonchev–Trinajstić information content (AvgIpc) is 3.16. The molecule has 0 saturated carbocycles. The minimum atomic E-state index is -1.39. The van der Waals surface area contributed by atoms with Gasteiger partial charge in [-0.1, -0.05) is 35.5 Å². The summed E-state index contributed by atoms with van der Waals surface area (Å²) in [4.78, 5) is 2.09. The number of aliphatic hydroxyl groups excluding tert-OH is 4. The third-order valence-corrected chi connectivity index (χ3v) is 6.11. The number of ether oxygens (including phenoxy) is 1. The lowest BCUT2D eigenvalue weighted by Gasteiger charge is -2.43. The Balaban J connectivity index is 1.73. The molecule has 1 aromatic carbocycles. The van der Waals surface area contributed by atoms with Crippen molar-refractivity contribution in [3.05, 3.63) is 47.8 Å². The van der Waals surface area contributed by atoms with Gasteiger partial charge in [0.15, 0.2) is 0 Å². The first-order chi connectivity index (χ1) is 14.3. The molecule has 0 amide bonds. The standard InChI is InChI=1S/C20H30N4O5S/c1-12(25)15(19-17(27)16(26)18(28)20(29-19)30-3)24-11-14(21-22-24)10-23(2)9-13-7-5-4-6-8-13/h4-8,11-12,15-20,25-28H,9-10H2,1-3H3/t12-,15-,16+,17-,18-,19-,20-/m1/s1. The third-order valence-electron chi connectivity index (χ3n) is 5.26. The van der Waals surface area contributed by atoms with Crippen LogP contribution in [0, 0.1) is 0 Å². The molecule has 4 N–H and O–H groups in total. The molecule has 3 rings (SSSR count). The molecule has 2 aromatic rings. The monoisotopic (exact) mass is 438 g/mol. The van der Waals surface area contributed by atoms with Crippen LogP contribution in [-0.2, 0) is 17.8 Å². The van der Waals surface area contributed by atoms with Gasteiger partial charge in [-0.3, -0.25) is 4.90 Å².